The van der Waals surface area contributed by atoms with E-state index < -0.39 is 0 Å². The van der Waals surface area contributed by atoms with Crippen molar-refractivity contribution < 1.29 is 4.74 Å². The molecule has 1 saturated carbocycles. The van der Waals surface area contributed by atoms with Crippen molar-refractivity contribution in [3.8, 4) is 5.75 Å². The van der Waals surface area contributed by atoms with Gasteiger partial charge in [-0.05, 0) is 24.8 Å². The average molecular weight is 247 g/mol. The first kappa shape index (κ1) is 13.4. The van der Waals surface area contributed by atoms with Crippen LogP contribution in [0.15, 0.2) is 24.3 Å². The molecule has 0 amide bonds. The Hall–Kier alpha value is -1.02. The number of nitrogens with one attached hydrogen (secondary N) is 1. The predicted molar refractivity (Wildman–Crippen MR) is 75.9 cm³/mol. The highest BCUT2D eigenvalue weighted by Crippen LogP contribution is 2.23. The fourth-order valence-electron chi connectivity index (χ4n) is 2.06. The van der Waals surface area contributed by atoms with Crippen LogP contribution in [-0.4, -0.2) is 12.6 Å². The Morgan fingerprint density at radius 2 is 1.94 bits per heavy atom. The third-order valence-corrected chi connectivity index (χ3v) is 3.76. The van der Waals surface area contributed by atoms with Gasteiger partial charge in [0.25, 0.3) is 0 Å². The molecule has 2 nitrogen and oxygen atoms in total. The molecule has 0 bridgehead atoms. The molecule has 1 aliphatic carbocycles. The summed E-state index contributed by atoms with van der Waals surface area (Å²) in [5.74, 6) is 1.73. The molecule has 2 rings (SSSR count). The van der Waals surface area contributed by atoms with E-state index in [1.54, 1.807) is 0 Å². The van der Waals surface area contributed by atoms with Gasteiger partial charge in [0.05, 0.1) is 6.61 Å². The van der Waals surface area contributed by atoms with E-state index in [2.05, 4.69) is 43.4 Å². The molecule has 2 heteroatoms. The largest absolute Gasteiger partial charge is 0.493 e. The smallest absolute Gasteiger partial charge is 0.123 e. The second kappa shape index (κ2) is 6.79. The molecule has 1 fully saturated rings. The average Bonchev–Trinajstić information content (AvgIpc) is 3.23. The van der Waals surface area contributed by atoms with Crippen LogP contribution in [0.4, 0.5) is 0 Å². The fourth-order valence-corrected chi connectivity index (χ4v) is 2.06. The van der Waals surface area contributed by atoms with Crippen molar-refractivity contribution >= 4 is 0 Å². The van der Waals surface area contributed by atoms with Crippen molar-refractivity contribution in [2.75, 3.05) is 6.61 Å². The van der Waals surface area contributed by atoms with Gasteiger partial charge in [0.2, 0.25) is 0 Å². The van der Waals surface area contributed by atoms with Crippen molar-refractivity contribution in [1.29, 1.82) is 0 Å². The van der Waals surface area contributed by atoms with E-state index in [1.165, 1.54) is 31.2 Å². The zero-order valence-corrected chi connectivity index (χ0v) is 11.6. The Bertz CT molecular complexity index is 356. The summed E-state index contributed by atoms with van der Waals surface area (Å²) in [7, 11) is 0. The van der Waals surface area contributed by atoms with Gasteiger partial charge in [-0.1, -0.05) is 44.9 Å². The van der Waals surface area contributed by atoms with E-state index in [0.717, 1.165) is 24.9 Å². The minimum atomic E-state index is 0.675. The molecule has 1 aromatic rings. The fraction of sp³-hybridized carbons (Fsp3) is 0.625. The summed E-state index contributed by atoms with van der Waals surface area (Å²) >= 11 is 0. The monoisotopic (exact) mass is 247 g/mol. The zero-order chi connectivity index (χ0) is 12.8. The van der Waals surface area contributed by atoms with Gasteiger partial charge in [-0.25, -0.2) is 0 Å². The van der Waals surface area contributed by atoms with Gasteiger partial charge in [-0.2, -0.15) is 0 Å². The SMILES string of the molecule is CCC(CC)COc1ccccc1CNC1CC1. The first-order valence-corrected chi connectivity index (χ1v) is 7.27. The lowest BCUT2D eigenvalue weighted by Gasteiger charge is -2.16. The Kier molecular flexibility index (Phi) is 5.06. The van der Waals surface area contributed by atoms with Crippen LogP contribution in [0.2, 0.25) is 0 Å². The topological polar surface area (TPSA) is 21.3 Å². The molecule has 0 unspecified atom stereocenters. The lowest BCUT2D eigenvalue weighted by Crippen LogP contribution is -2.17. The van der Waals surface area contributed by atoms with Crippen LogP contribution in [0.5, 0.6) is 5.75 Å². The molecular formula is C16H25NO. The minimum Gasteiger partial charge on any atom is -0.493 e. The summed E-state index contributed by atoms with van der Waals surface area (Å²) in [6.07, 6.45) is 5.05. The Balaban J connectivity index is 1.88. The standard InChI is InChI=1S/C16H25NO/c1-3-13(4-2)12-18-16-8-6-5-7-14(16)11-17-15-9-10-15/h5-8,13,15,17H,3-4,9-12H2,1-2H3. The first-order valence-electron chi connectivity index (χ1n) is 7.27. The molecule has 0 radical (unpaired) electrons. The highest BCUT2D eigenvalue weighted by molar-refractivity contribution is 5.33. The van der Waals surface area contributed by atoms with Crippen molar-refractivity contribution in [3.05, 3.63) is 29.8 Å². The quantitative estimate of drug-likeness (QED) is 0.755. The Labute approximate surface area is 111 Å². The molecule has 0 aromatic heterocycles. The highest BCUT2D eigenvalue weighted by Gasteiger charge is 2.20. The van der Waals surface area contributed by atoms with E-state index in [9.17, 15) is 0 Å². The lowest BCUT2D eigenvalue weighted by molar-refractivity contribution is 0.238. The van der Waals surface area contributed by atoms with Gasteiger partial charge in [-0.3, -0.25) is 0 Å². The summed E-state index contributed by atoms with van der Waals surface area (Å²) in [5, 5.41) is 3.55. The number of rotatable bonds is 8. The molecule has 0 saturated heterocycles. The molecule has 18 heavy (non-hydrogen) atoms. The van der Waals surface area contributed by atoms with E-state index in [0.29, 0.717) is 5.92 Å². The first-order chi connectivity index (χ1) is 8.83. The molecule has 0 spiro atoms. The zero-order valence-electron chi connectivity index (χ0n) is 11.6. The van der Waals surface area contributed by atoms with Crippen LogP contribution in [0.3, 0.4) is 0 Å². The molecular weight excluding hydrogens is 222 g/mol. The third kappa shape index (κ3) is 4.02. The Morgan fingerprint density at radius 3 is 2.61 bits per heavy atom. The van der Waals surface area contributed by atoms with Crippen LogP contribution in [0.1, 0.15) is 45.1 Å². The van der Waals surface area contributed by atoms with Crippen LogP contribution < -0.4 is 10.1 Å². The molecule has 1 N–H and O–H groups in total. The summed E-state index contributed by atoms with van der Waals surface area (Å²) in [6.45, 7) is 6.24. The van der Waals surface area contributed by atoms with Gasteiger partial charge in [0.1, 0.15) is 5.75 Å². The number of hydrogen-bond donors (Lipinski definition) is 1. The second-order valence-corrected chi connectivity index (χ2v) is 5.26. The molecule has 0 atom stereocenters. The van der Waals surface area contributed by atoms with Crippen molar-refractivity contribution in [1.82, 2.24) is 5.32 Å². The van der Waals surface area contributed by atoms with E-state index in [-0.39, 0.29) is 0 Å². The maximum absolute atomic E-state index is 5.99. The number of ether oxygens (including phenoxy) is 1. The van der Waals surface area contributed by atoms with E-state index >= 15 is 0 Å². The number of benzene rings is 1. The van der Waals surface area contributed by atoms with E-state index in [4.69, 9.17) is 4.74 Å². The number of hydrogen-bond acceptors (Lipinski definition) is 2. The minimum absolute atomic E-state index is 0.675. The van der Waals surface area contributed by atoms with Crippen LogP contribution in [-0.2, 0) is 6.54 Å². The highest BCUT2D eigenvalue weighted by atomic mass is 16.5. The normalized spacial score (nSPS) is 15.1. The Morgan fingerprint density at radius 1 is 1.22 bits per heavy atom. The van der Waals surface area contributed by atoms with Gasteiger partial charge < -0.3 is 10.1 Å². The van der Waals surface area contributed by atoms with Crippen molar-refractivity contribution in [3.63, 3.8) is 0 Å². The summed E-state index contributed by atoms with van der Waals surface area (Å²) in [5.41, 5.74) is 1.29. The van der Waals surface area contributed by atoms with Crippen LogP contribution >= 0.6 is 0 Å². The molecule has 0 aliphatic heterocycles. The molecule has 100 valence electrons. The predicted octanol–water partition coefficient (Wildman–Crippen LogP) is 3.75. The molecule has 0 heterocycles. The van der Waals surface area contributed by atoms with Gasteiger partial charge in [0, 0.05) is 18.2 Å². The summed E-state index contributed by atoms with van der Waals surface area (Å²) in [6, 6.07) is 9.15. The lowest BCUT2D eigenvalue weighted by atomic mass is 10.1. The molecule has 1 aromatic carbocycles. The van der Waals surface area contributed by atoms with Gasteiger partial charge >= 0.3 is 0 Å². The van der Waals surface area contributed by atoms with Crippen LogP contribution in [0, 0.1) is 5.92 Å². The maximum Gasteiger partial charge on any atom is 0.123 e. The summed E-state index contributed by atoms with van der Waals surface area (Å²) in [4.78, 5) is 0. The van der Waals surface area contributed by atoms with Crippen LogP contribution in [0.25, 0.3) is 0 Å². The van der Waals surface area contributed by atoms with Gasteiger partial charge in [-0.15, -0.1) is 0 Å². The number of para-hydroxylation sites is 1. The summed E-state index contributed by atoms with van der Waals surface area (Å²) < 4.78 is 5.99. The van der Waals surface area contributed by atoms with Crippen molar-refractivity contribution in [2.45, 2.75) is 52.1 Å². The maximum atomic E-state index is 5.99. The van der Waals surface area contributed by atoms with Gasteiger partial charge in [0.15, 0.2) is 0 Å². The third-order valence-electron chi connectivity index (χ3n) is 3.76. The molecule has 1 aliphatic rings. The van der Waals surface area contributed by atoms with E-state index in [1.807, 2.05) is 0 Å². The van der Waals surface area contributed by atoms with Crippen molar-refractivity contribution in [2.24, 2.45) is 5.92 Å². The second-order valence-electron chi connectivity index (χ2n) is 5.26.